The van der Waals surface area contributed by atoms with Crippen molar-refractivity contribution in [3.05, 3.63) is 42.1 Å². The van der Waals surface area contributed by atoms with E-state index in [0.29, 0.717) is 0 Å². The number of nitrogens with one attached hydrogen (secondary N) is 1. The lowest BCUT2D eigenvalue weighted by Crippen LogP contribution is -2.36. The average molecular weight is 270 g/mol. The van der Waals surface area contributed by atoms with E-state index >= 15 is 0 Å². The highest BCUT2D eigenvalue weighted by Gasteiger charge is 2.26. The molecule has 0 spiro atoms. The van der Waals surface area contributed by atoms with Crippen LogP contribution >= 0.6 is 0 Å². The van der Waals surface area contributed by atoms with E-state index in [1.807, 2.05) is 12.3 Å². The number of likely N-dealkylation sites (N-methyl/N-ethyl adjacent to an activating group) is 1. The third-order valence-corrected chi connectivity index (χ3v) is 4.01. The lowest BCUT2D eigenvalue weighted by atomic mass is 9.94. The Hall–Kier alpha value is -1.45. The fourth-order valence-corrected chi connectivity index (χ4v) is 3.07. The van der Waals surface area contributed by atoms with Crippen molar-refractivity contribution in [3.63, 3.8) is 0 Å². The summed E-state index contributed by atoms with van der Waals surface area (Å²) >= 11 is 0. The second-order valence-electron chi connectivity index (χ2n) is 5.36. The molecule has 0 radical (unpaired) electrons. The fraction of sp³-hybridized carbons (Fsp3) is 0.471. The zero-order valence-electron chi connectivity index (χ0n) is 12.0. The first-order chi connectivity index (χ1) is 9.90. The molecular formula is C17H22N2O. The predicted octanol–water partition coefficient (Wildman–Crippen LogP) is 3.45. The zero-order valence-corrected chi connectivity index (χ0v) is 12.0. The molecule has 0 bridgehead atoms. The number of fused-ring (bicyclic) bond motifs is 1. The number of para-hydroxylation sites is 1. The Balaban J connectivity index is 2.00. The number of benzene rings is 1. The van der Waals surface area contributed by atoms with Gasteiger partial charge in [-0.25, -0.2) is 0 Å². The summed E-state index contributed by atoms with van der Waals surface area (Å²) in [5.74, 6) is 0. The number of aromatic nitrogens is 1. The monoisotopic (exact) mass is 270 g/mol. The molecule has 3 heteroatoms. The third kappa shape index (κ3) is 2.69. The van der Waals surface area contributed by atoms with Crippen molar-refractivity contribution < 1.29 is 4.74 Å². The van der Waals surface area contributed by atoms with E-state index in [1.165, 1.54) is 23.8 Å². The summed E-state index contributed by atoms with van der Waals surface area (Å²) in [6, 6.07) is 10.8. The van der Waals surface area contributed by atoms with Crippen molar-refractivity contribution >= 4 is 10.9 Å². The second kappa shape index (κ2) is 6.33. The Morgan fingerprint density at radius 2 is 2.20 bits per heavy atom. The molecule has 2 unspecified atom stereocenters. The molecule has 0 amide bonds. The Kier molecular flexibility index (Phi) is 4.28. The zero-order chi connectivity index (χ0) is 13.8. The highest BCUT2D eigenvalue weighted by molar-refractivity contribution is 5.82. The third-order valence-electron chi connectivity index (χ3n) is 4.01. The molecule has 1 saturated heterocycles. The van der Waals surface area contributed by atoms with Gasteiger partial charge in [0, 0.05) is 18.2 Å². The van der Waals surface area contributed by atoms with E-state index in [-0.39, 0.29) is 12.1 Å². The predicted molar refractivity (Wildman–Crippen MR) is 81.8 cm³/mol. The maximum atomic E-state index is 6.01. The van der Waals surface area contributed by atoms with Gasteiger partial charge in [-0.1, -0.05) is 31.2 Å². The average Bonchev–Trinajstić information content (AvgIpc) is 2.53. The first kappa shape index (κ1) is 13.5. The summed E-state index contributed by atoms with van der Waals surface area (Å²) in [5, 5.41) is 4.79. The maximum Gasteiger partial charge on any atom is 0.0770 e. The lowest BCUT2D eigenvalue weighted by Gasteiger charge is -2.31. The summed E-state index contributed by atoms with van der Waals surface area (Å²) in [6.45, 7) is 3.97. The molecule has 1 fully saturated rings. The van der Waals surface area contributed by atoms with Crippen LogP contribution < -0.4 is 5.32 Å². The highest BCUT2D eigenvalue weighted by Crippen LogP contribution is 2.30. The quantitative estimate of drug-likeness (QED) is 0.924. The first-order valence-corrected chi connectivity index (χ1v) is 7.59. The number of hydrogen-bond acceptors (Lipinski definition) is 3. The Bertz CT molecular complexity index is 558. The largest absolute Gasteiger partial charge is 0.376 e. The van der Waals surface area contributed by atoms with Gasteiger partial charge in [0.05, 0.1) is 17.7 Å². The SMILES string of the molecule is CCNC(c1cccc2cccnc12)C1CCCCO1. The van der Waals surface area contributed by atoms with Crippen molar-refractivity contribution in [3.8, 4) is 0 Å². The van der Waals surface area contributed by atoms with Crippen molar-refractivity contribution in [2.24, 2.45) is 0 Å². The minimum absolute atomic E-state index is 0.235. The molecule has 1 aliphatic rings. The van der Waals surface area contributed by atoms with Crippen LogP contribution in [0.25, 0.3) is 10.9 Å². The van der Waals surface area contributed by atoms with Crippen LogP contribution in [-0.2, 0) is 4.74 Å². The standard InChI is InChI=1S/C17H22N2O/c1-2-18-17(15-10-3-4-12-20-15)14-9-5-7-13-8-6-11-19-16(13)14/h5-9,11,15,17-18H,2-4,10,12H2,1H3. The molecule has 1 aromatic carbocycles. The number of pyridine rings is 1. The van der Waals surface area contributed by atoms with Gasteiger partial charge < -0.3 is 10.1 Å². The molecule has 1 aliphatic heterocycles. The van der Waals surface area contributed by atoms with Crippen molar-refractivity contribution in [1.82, 2.24) is 10.3 Å². The van der Waals surface area contributed by atoms with Crippen LogP contribution in [0.3, 0.4) is 0 Å². The van der Waals surface area contributed by atoms with Gasteiger partial charge in [0.2, 0.25) is 0 Å². The van der Waals surface area contributed by atoms with Gasteiger partial charge in [0.1, 0.15) is 0 Å². The van der Waals surface area contributed by atoms with Gasteiger partial charge in [-0.2, -0.15) is 0 Å². The van der Waals surface area contributed by atoms with Gasteiger partial charge >= 0.3 is 0 Å². The highest BCUT2D eigenvalue weighted by atomic mass is 16.5. The van der Waals surface area contributed by atoms with E-state index in [0.717, 1.165) is 25.1 Å². The van der Waals surface area contributed by atoms with E-state index in [4.69, 9.17) is 4.74 Å². The Labute approximate surface area is 120 Å². The smallest absolute Gasteiger partial charge is 0.0770 e. The number of rotatable bonds is 4. The lowest BCUT2D eigenvalue weighted by molar-refractivity contribution is -0.00760. The van der Waals surface area contributed by atoms with Crippen molar-refractivity contribution in [2.45, 2.75) is 38.3 Å². The van der Waals surface area contributed by atoms with Crippen molar-refractivity contribution in [1.29, 1.82) is 0 Å². The first-order valence-electron chi connectivity index (χ1n) is 7.59. The van der Waals surface area contributed by atoms with Crippen LogP contribution in [0.5, 0.6) is 0 Å². The molecule has 1 N–H and O–H groups in total. The summed E-state index contributed by atoms with van der Waals surface area (Å²) in [7, 11) is 0. The maximum absolute atomic E-state index is 6.01. The summed E-state index contributed by atoms with van der Waals surface area (Å²) in [5.41, 5.74) is 2.35. The normalized spacial score (nSPS) is 20.9. The summed E-state index contributed by atoms with van der Waals surface area (Å²) in [4.78, 5) is 4.58. The fourth-order valence-electron chi connectivity index (χ4n) is 3.07. The minimum atomic E-state index is 0.235. The number of hydrogen-bond donors (Lipinski definition) is 1. The van der Waals surface area contributed by atoms with Gasteiger partial charge in [0.25, 0.3) is 0 Å². The topological polar surface area (TPSA) is 34.2 Å². The molecular weight excluding hydrogens is 248 g/mol. The van der Waals surface area contributed by atoms with Gasteiger partial charge in [-0.3, -0.25) is 4.98 Å². The number of ether oxygens (including phenoxy) is 1. The van der Waals surface area contributed by atoms with Crippen LogP contribution in [0.4, 0.5) is 0 Å². The van der Waals surface area contributed by atoms with Gasteiger partial charge in [0.15, 0.2) is 0 Å². The molecule has 0 saturated carbocycles. The molecule has 2 aromatic rings. The summed E-state index contributed by atoms with van der Waals surface area (Å²) < 4.78 is 6.01. The molecule has 2 atom stereocenters. The van der Waals surface area contributed by atoms with E-state index in [2.05, 4.69) is 41.5 Å². The molecule has 106 valence electrons. The van der Waals surface area contributed by atoms with Crippen LogP contribution in [-0.4, -0.2) is 24.2 Å². The van der Waals surface area contributed by atoms with Crippen LogP contribution in [0.15, 0.2) is 36.5 Å². The van der Waals surface area contributed by atoms with E-state index in [1.54, 1.807) is 0 Å². The molecule has 20 heavy (non-hydrogen) atoms. The van der Waals surface area contributed by atoms with Gasteiger partial charge in [-0.15, -0.1) is 0 Å². The number of nitrogens with zero attached hydrogens (tertiary/aromatic N) is 1. The molecule has 3 rings (SSSR count). The van der Waals surface area contributed by atoms with Crippen molar-refractivity contribution in [2.75, 3.05) is 13.2 Å². The van der Waals surface area contributed by atoms with Crippen LogP contribution in [0.2, 0.25) is 0 Å². The van der Waals surface area contributed by atoms with Gasteiger partial charge in [-0.05, 0) is 37.4 Å². The van der Waals surface area contributed by atoms with E-state index in [9.17, 15) is 0 Å². The minimum Gasteiger partial charge on any atom is -0.376 e. The van der Waals surface area contributed by atoms with Crippen LogP contribution in [0.1, 0.15) is 37.8 Å². The summed E-state index contributed by atoms with van der Waals surface area (Å²) in [6.07, 6.45) is 5.70. The van der Waals surface area contributed by atoms with E-state index < -0.39 is 0 Å². The Morgan fingerprint density at radius 3 is 3.00 bits per heavy atom. The molecule has 0 aliphatic carbocycles. The second-order valence-corrected chi connectivity index (χ2v) is 5.36. The van der Waals surface area contributed by atoms with Crippen LogP contribution in [0, 0.1) is 0 Å². The molecule has 3 nitrogen and oxygen atoms in total. The molecule has 1 aromatic heterocycles. The Morgan fingerprint density at radius 1 is 1.30 bits per heavy atom. The molecule has 2 heterocycles.